The van der Waals surface area contributed by atoms with Gasteiger partial charge in [-0.2, -0.15) is 0 Å². The van der Waals surface area contributed by atoms with E-state index in [9.17, 15) is 4.79 Å². The summed E-state index contributed by atoms with van der Waals surface area (Å²) < 4.78 is 5.60. The summed E-state index contributed by atoms with van der Waals surface area (Å²) in [6, 6.07) is 3.56. The number of halogens is 1. The zero-order chi connectivity index (χ0) is 10.6. The minimum Gasteiger partial charge on any atom is -0.375 e. The van der Waals surface area contributed by atoms with Crippen LogP contribution in [0, 0.1) is 6.92 Å². The van der Waals surface area contributed by atoms with Gasteiger partial charge in [-0.05, 0) is 35.0 Å². The molecule has 1 heterocycles. The van der Waals surface area contributed by atoms with E-state index in [1.807, 2.05) is 13.0 Å². The maximum absolute atomic E-state index is 11.1. The van der Waals surface area contributed by atoms with Crippen LogP contribution in [0.15, 0.2) is 16.6 Å². The Labute approximate surface area is 90.8 Å². The standard InChI is InChI=1S/C9H11BrN2O2/c1-6-7(10)3-4-8(11-6)12-9(13)5-14-2/h3-4H,5H2,1-2H3,(H,11,12,13). The van der Waals surface area contributed by atoms with Crippen LogP contribution in [0.1, 0.15) is 5.69 Å². The first-order valence-corrected chi connectivity index (χ1v) is 4.84. The van der Waals surface area contributed by atoms with Gasteiger partial charge in [-0.3, -0.25) is 4.79 Å². The van der Waals surface area contributed by atoms with Gasteiger partial charge in [0.05, 0.1) is 5.69 Å². The maximum atomic E-state index is 11.1. The van der Waals surface area contributed by atoms with E-state index in [1.165, 1.54) is 7.11 Å². The number of ether oxygens (including phenoxy) is 1. The zero-order valence-electron chi connectivity index (χ0n) is 8.00. The highest BCUT2D eigenvalue weighted by Crippen LogP contribution is 2.15. The smallest absolute Gasteiger partial charge is 0.251 e. The molecule has 1 amide bonds. The third-order valence-corrected chi connectivity index (χ3v) is 2.40. The lowest BCUT2D eigenvalue weighted by atomic mass is 10.4. The van der Waals surface area contributed by atoms with Crippen molar-refractivity contribution in [2.24, 2.45) is 0 Å². The summed E-state index contributed by atoms with van der Waals surface area (Å²) in [5.74, 6) is 0.328. The molecule has 0 saturated carbocycles. The molecule has 76 valence electrons. The summed E-state index contributed by atoms with van der Waals surface area (Å²) in [6.45, 7) is 1.90. The minimum atomic E-state index is -0.207. The molecule has 0 radical (unpaired) electrons. The number of hydrogen-bond acceptors (Lipinski definition) is 3. The number of nitrogens with zero attached hydrogens (tertiary/aromatic N) is 1. The predicted molar refractivity (Wildman–Crippen MR) is 57.2 cm³/mol. The normalized spacial score (nSPS) is 9.93. The average molecular weight is 259 g/mol. The van der Waals surface area contributed by atoms with Crippen molar-refractivity contribution in [3.05, 3.63) is 22.3 Å². The van der Waals surface area contributed by atoms with Crippen molar-refractivity contribution < 1.29 is 9.53 Å². The van der Waals surface area contributed by atoms with Crippen molar-refractivity contribution in [1.82, 2.24) is 4.98 Å². The molecule has 1 aromatic heterocycles. The van der Waals surface area contributed by atoms with E-state index in [-0.39, 0.29) is 12.5 Å². The molecule has 5 heteroatoms. The third-order valence-electron chi connectivity index (χ3n) is 1.56. The van der Waals surface area contributed by atoms with Gasteiger partial charge >= 0.3 is 0 Å². The van der Waals surface area contributed by atoms with Crippen LogP contribution in [0.3, 0.4) is 0 Å². The highest BCUT2D eigenvalue weighted by atomic mass is 79.9. The lowest BCUT2D eigenvalue weighted by Gasteiger charge is -2.04. The Morgan fingerprint density at radius 2 is 2.36 bits per heavy atom. The topological polar surface area (TPSA) is 51.2 Å². The lowest BCUT2D eigenvalue weighted by Crippen LogP contribution is -2.18. The molecule has 0 spiro atoms. The quantitative estimate of drug-likeness (QED) is 0.899. The Balaban J connectivity index is 2.68. The van der Waals surface area contributed by atoms with Gasteiger partial charge in [-0.1, -0.05) is 0 Å². The number of anilines is 1. The van der Waals surface area contributed by atoms with E-state index < -0.39 is 0 Å². The highest BCUT2D eigenvalue weighted by Gasteiger charge is 2.03. The number of amides is 1. The van der Waals surface area contributed by atoms with Gasteiger partial charge in [0.15, 0.2) is 0 Å². The van der Waals surface area contributed by atoms with Gasteiger partial charge < -0.3 is 10.1 Å². The zero-order valence-corrected chi connectivity index (χ0v) is 9.59. The first-order valence-electron chi connectivity index (χ1n) is 4.05. The number of hydrogen-bond donors (Lipinski definition) is 1. The molecule has 0 aliphatic heterocycles. The number of carbonyl (C=O) groups excluding carboxylic acids is 1. The van der Waals surface area contributed by atoms with Crippen LogP contribution in [0.5, 0.6) is 0 Å². The fourth-order valence-electron chi connectivity index (χ4n) is 0.924. The summed E-state index contributed by atoms with van der Waals surface area (Å²) in [5, 5.41) is 2.62. The van der Waals surface area contributed by atoms with Crippen LogP contribution in [-0.2, 0) is 9.53 Å². The molecule has 0 aliphatic rings. The Hall–Kier alpha value is -0.940. The number of carbonyl (C=O) groups is 1. The highest BCUT2D eigenvalue weighted by molar-refractivity contribution is 9.10. The van der Waals surface area contributed by atoms with Gasteiger partial charge in [-0.15, -0.1) is 0 Å². The SMILES string of the molecule is COCC(=O)Nc1ccc(Br)c(C)n1. The Morgan fingerprint density at radius 1 is 1.64 bits per heavy atom. The summed E-state index contributed by atoms with van der Waals surface area (Å²) in [7, 11) is 1.47. The predicted octanol–water partition coefficient (Wildman–Crippen LogP) is 1.74. The molecule has 0 bridgehead atoms. The Kier molecular flexibility index (Phi) is 4.03. The monoisotopic (exact) mass is 258 g/mol. The molecule has 14 heavy (non-hydrogen) atoms. The van der Waals surface area contributed by atoms with E-state index >= 15 is 0 Å². The molecule has 0 saturated heterocycles. The van der Waals surface area contributed by atoms with Gasteiger partial charge in [-0.25, -0.2) is 4.98 Å². The van der Waals surface area contributed by atoms with E-state index in [4.69, 9.17) is 0 Å². The molecule has 0 aliphatic carbocycles. The molecule has 1 N–H and O–H groups in total. The van der Waals surface area contributed by atoms with E-state index in [0.717, 1.165) is 10.2 Å². The van der Waals surface area contributed by atoms with Crippen LogP contribution < -0.4 is 5.32 Å². The van der Waals surface area contributed by atoms with Gasteiger partial charge in [0.25, 0.3) is 5.91 Å². The summed E-state index contributed by atoms with van der Waals surface area (Å²) >= 11 is 3.33. The van der Waals surface area contributed by atoms with Crippen LogP contribution in [0.25, 0.3) is 0 Å². The van der Waals surface area contributed by atoms with Crippen molar-refractivity contribution in [1.29, 1.82) is 0 Å². The molecule has 0 aromatic carbocycles. The number of methoxy groups -OCH3 is 1. The molecule has 0 fully saturated rings. The second-order valence-electron chi connectivity index (χ2n) is 2.74. The van der Waals surface area contributed by atoms with Crippen LogP contribution in [0.4, 0.5) is 5.82 Å². The van der Waals surface area contributed by atoms with Gasteiger partial charge in [0, 0.05) is 11.6 Å². The molecule has 0 atom stereocenters. The van der Waals surface area contributed by atoms with Crippen LogP contribution in [0.2, 0.25) is 0 Å². The number of aryl methyl sites for hydroxylation is 1. The minimum absolute atomic E-state index is 0.0385. The van der Waals surface area contributed by atoms with Crippen molar-refractivity contribution >= 4 is 27.7 Å². The second-order valence-corrected chi connectivity index (χ2v) is 3.60. The average Bonchev–Trinajstić information content (AvgIpc) is 2.12. The number of aromatic nitrogens is 1. The second kappa shape index (κ2) is 5.07. The number of nitrogens with one attached hydrogen (secondary N) is 1. The first-order chi connectivity index (χ1) is 6.63. The number of pyridine rings is 1. The molecule has 1 aromatic rings. The van der Waals surface area contributed by atoms with E-state index in [0.29, 0.717) is 5.82 Å². The molecule has 1 rings (SSSR count). The summed E-state index contributed by atoms with van der Waals surface area (Å²) in [5.41, 5.74) is 0.834. The molecular formula is C9H11BrN2O2. The first kappa shape index (κ1) is 11.1. The number of rotatable bonds is 3. The van der Waals surface area contributed by atoms with Crippen LogP contribution >= 0.6 is 15.9 Å². The molecule has 4 nitrogen and oxygen atoms in total. The molecule has 0 unspecified atom stereocenters. The fourth-order valence-corrected chi connectivity index (χ4v) is 1.14. The largest absolute Gasteiger partial charge is 0.375 e. The molecular weight excluding hydrogens is 248 g/mol. The van der Waals surface area contributed by atoms with E-state index in [1.54, 1.807) is 6.07 Å². The lowest BCUT2D eigenvalue weighted by molar-refractivity contribution is -0.119. The Bertz CT molecular complexity index is 342. The summed E-state index contributed by atoms with van der Waals surface area (Å²) in [6.07, 6.45) is 0. The van der Waals surface area contributed by atoms with Gasteiger partial charge in [0.2, 0.25) is 0 Å². The van der Waals surface area contributed by atoms with Crippen molar-refractivity contribution in [3.63, 3.8) is 0 Å². The third kappa shape index (κ3) is 3.08. The van der Waals surface area contributed by atoms with Crippen molar-refractivity contribution in [2.75, 3.05) is 19.0 Å². The van der Waals surface area contributed by atoms with Gasteiger partial charge in [0.1, 0.15) is 12.4 Å². The fraction of sp³-hybridized carbons (Fsp3) is 0.333. The van der Waals surface area contributed by atoms with E-state index in [2.05, 4.69) is 31.0 Å². The van der Waals surface area contributed by atoms with Crippen molar-refractivity contribution in [3.8, 4) is 0 Å². The van der Waals surface area contributed by atoms with Crippen LogP contribution in [-0.4, -0.2) is 24.6 Å². The maximum Gasteiger partial charge on any atom is 0.251 e. The summed E-state index contributed by atoms with van der Waals surface area (Å²) in [4.78, 5) is 15.3. The Morgan fingerprint density at radius 3 is 2.93 bits per heavy atom. The van der Waals surface area contributed by atoms with Crippen molar-refractivity contribution in [2.45, 2.75) is 6.92 Å².